The van der Waals surface area contributed by atoms with Gasteiger partial charge in [0.15, 0.2) is 0 Å². The quantitative estimate of drug-likeness (QED) is 0.724. The number of alkyl carbamates (subject to hydrolysis) is 1. The number of nitrogens with one attached hydrogen (secondary N) is 1. The molecule has 0 aliphatic heterocycles. The van der Waals surface area contributed by atoms with E-state index in [1.165, 1.54) is 5.57 Å². The molecular weight excluding hydrogens is 220 g/mol. The second-order valence-corrected chi connectivity index (χ2v) is 3.97. The number of hydrogen-bond donors (Lipinski definition) is 2. The second-order valence-electron chi connectivity index (χ2n) is 3.97. The number of ether oxygens (including phenoxy) is 1. The van der Waals surface area contributed by atoms with Crippen LogP contribution in [0.4, 0.5) is 9.59 Å². The highest BCUT2D eigenvalue weighted by Crippen LogP contribution is 2.18. The van der Waals surface area contributed by atoms with Gasteiger partial charge in [0.05, 0.1) is 0 Å². The molecule has 96 valence electrons. The van der Waals surface area contributed by atoms with Gasteiger partial charge < -0.3 is 10.5 Å². The molecule has 17 heavy (non-hydrogen) atoms. The SMILES string of the molecule is C=C(C)C(COC(=O)NC(N)=O)C/C(C)=C/C. The van der Waals surface area contributed by atoms with Gasteiger partial charge in [-0.05, 0) is 27.2 Å². The third-order valence-electron chi connectivity index (χ3n) is 2.40. The lowest BCUT2D eigenvalue weighted by atomic mass is 9.95. The van der Waals surface area contributed by atoms with Gasteiger partial charge in [-0.1, -0.05) is 23.8 Å². The van der Waals surface area contributed by atoms with Crippen LogP contribution in [0.3, 0.4) is 0 Å². The minimum Gasteiger partial charge on any atom is -0.449 e. The Morgan fingerprint density at radius 1 is 1.47 bits per heavy atom. The molecule has 1 atom stereocenters. The van der Waals surface area contributed by atoms with Crippen LogP contribution in [0.2, 0.25) is 0 Å². The molecule has 0 heterocycles. The van der Waals surface area contributed by atoms with Crippen LogP contribution >= 0.6 is 0 Å². The van der Waals surface area contributed by atoms with Crippen molar-refractivity contribution in [1.29, 1.82) is 0 Å². The Bertz CT molecular complexity index is 335. The van der Waals surface area contributed by atoms with Crippen molar-refractivity contribution >= 4 is 12.1 Å². The van der Waals surface area contributed by atoms with E-state index in [1.807, 2.05) is 32.2 Å². The van der Waals surface area contributed by atoms with E-state index in [2.05, 4.69) is 6.58 Å². The molecule has 0 aliphatic rings. The summed E-state index contributed by atoms with van der Waals surface area (Å²) in [5.74, 6) is 0.0461. The Kier molecular flexibility index (Phi) is 6.70. The predicted molar refractivity (Wildman–Crippen MR) is 66.4 cm³/mol. The fourth-order valence-corrected chi connectivity index (χ4v) is 1.19. The third kappa shape index (κ3) is 7.16. The number of primary amides is 1. The van der Waals surface area contributed by atoms with Gasteiger partial charge in [-0.15, -0.1) is 0 Å². The first-order valence-corrected chi connectivity index (χ1v) is 5.37. The van der Waals surface area contributed by atoms with Crippen LogP contribution in [0.25, 0.3) is 0 Å². The minimum absolute atomic E-state index is 0.0461. The lowest BCUT2D eigenvalue weighted by Crippen LogP contribution is -2.36. The van der Waals surface area contributed by atoms with Crippen LogP contribution in [0.1, 0.15) is 27.2 Å². The van der Waals surface area contributed by atoms with Crippen molar-refractivity contribution in [2.75, 3.05) is 6.61 Å². The summed E-state index contributed by atoms with van der Waals surface area (Å²) >= 11 is 0. The van der Waals surface area contributed by atoms with Crippen LogP contribution in [0, 0.1) is 5.92 Å². The smallest absolute Gasteiger partial charge is 0.415 e. The maximum atomic E-state index is 11.1. The fraction of sp³-hybridized carbons (Fsp3) is 0.500. The summed E-state index contributed by atoms with van der Waals surface area (Å²) in [6.45, 7) is 9.86. The number of urea groups is 1. The first kappa shape index (κ1) is 15.2. The molecular formula is C12H20N2O3. The summed E-state index contributed by atoms with van der Waals surface area (Å²) in [6.07, 6.45) is 1.94. The zero-order valence-electron chi connectivity index (χ0n) is 10.6. The molecule has 0 spiro atoms. The van der Waals surface area contributed by atoms with Gasteiger partial charge in [0.2, 0.25) is 0 Å². The number of carbonyl (C=O) groups is 2. The summed E-state index contributed by atoms with van der Waals surface area (Å²) < 4.78 is 4.88. The van der Waals surface area contributed by atoms with Gasteiger partial charge >= 0.3 is 12.1 Å². The topological polar surface area (TPSA) is 81.4 Å². The number of hydrogen-bond acceptors (Lipinski definition) is 3. The molecule has 5 heteroatoms. The molecule has 0 aromatic carbocycles. The van der Waals surface area contributed by atoms with Crippen molar-refractivity contribution in [2.24, 2.45) is 11.7 Å². The van der Waals surface area contributed by atoms with Crippen LogP contribution in [0.15, 0.2) is 23.8 Å². The van der Waals surface area contributed by atoms with E-state index in [-0.39, 0.29) is 12.5 Å². The van der Waals surface area contributed by atoms with Gasteiger partial charge in [0, 0.05) is 5.92 Å². The molecule has 0 aliphatic carbocycles. The molecule has 0 saturated heterocycles. The Labute approximate surface area is 102 Å². The van der Waals surface area contributed by atoms with Crippen LogP contribution in [-0.4, -0.2) is 18.7 Å². The number of imide groups is 1. The standard InChI is InChI=1S/C12H20N2O3/c1-5-9(4)6-10(8(2)3)7-17-12(16)14-11(13)15/h5,10H,2,6-7H2,1,3-4H3,(H3,13,14,15,16)/b9-5+. The maximum absolute atomic E-state index is 11.1. The van der Waals surface area contributed by atoms with Crippen molar-refractivity contribution in [3.05, 3.63) is 23.8 Å². The normalized spacial score (nSPS) is 12.8. The van der Waals surface area contributed by atoms with Crippen LogP contribution in [-0.2, 0) is 4.74 Å². The molecule has 0 aromatic rings. The number of carbonyl (C=O) groups excluding carboxylic acids is 2. The van der Waals surface area contributed by atoms with E-state index < -0.39 is 12.1 Å². The molecule has 0 rings (SSSR count). The van der Waals surface area contributed by atoms with Crippen molar-refractivity contribution in [2.45, 2.75) is 27.2 Å². The number of rotatable bonds is 5. The monoisotopic (exact) mass is 240 g/mol. The largest absolute Gasteiger partial charge is 0.449 e. The van der Waals surface area contributed by atoms with Crippen molar-refractivity contribution in [1.82, 2.24) is 5.32 Å². The van der Waals surface area contributed by atoms with Crippen molar-refractivity contribution in [3.8, 4) is 0 Å². The Morgan fingerprint density at radius 3 is 2.47 bits per heavy atom. The second kappa shape index (κ2) is 7.49. The van der Waals surface area contributed by atoms with Gasteiger partial charge in [-0.2, -0.15) is 0 Å². The molecule has 0 fully saturated rings. The zero-order valence-corrected chi connectivity index (χ0v) is 10.6. The lowest BCUT2D eigenvalue weighted by Gasteiger charge is -2.17. The van der Waals surface area contributed by atoms with E-state index in [0.29, 0.717) is 0 Å². The molecule has 3 amide bonds. The highest BCUT2D eigenvalue weighted by atomic mass is 16.5. The predicted octanol–water partition coefficient (Wildman–Crippen LogP) is 2.34. The van der Waals surface area contributed by atoms with Crippen molar-refractivity contribution in [3.63, 3.8) is 0 Å². The molecule has 0 bridgehead atoms. The summed E-state index contributed by atoms with van der Waals surface area (Å²) in [5.41, 5.74) is 6.90. The van der Waals surface area contributed by atoms with Crippen molar-refractivity contribution < 1.29 is 14.3 Å². The Morgan fingerprint density at radius 2 is 2.06 bits per heavy atom. The van der Waals surface area contributed by atoms with Gasteiger partial charge in [-0.25, -0.2) is 14.9 Å². The maximum Gasteiger partial charge on any atom is 0.415 e. The summed E-state index contributed by atoms with van der Waals surface area (Å²) in [5, 5.41) is 1.84. The number of allylic oxidation sites excluding steroid dienone is 2. The molecule has 0 radical (unpaired) electrons. The average Bonchev–Trinajstić information content (AvgIpc) is 2.22. The van der Waals surface area contributed by atoms with Gasteiger partial charge in [-0.3, -0.25) is 0 Å². The van der Waals surface area contributed by atoms with Crippen LogP contribution < -0.4 is 11.1 Å². The third-order valence-corrected chi connectivity index (χ3v) is 2.40. The average molecular weight is 240 g/mol. The first-order valence-electron chi connectivity index (χ1n) is 5.37. The Balaban J connectivity index is 4.23. The zero-order chi connectivity index (χ0) is 13.4. The molecule has 0 aromatic heterocycles. The van der Waals surface area contributed by atoms with E-state index in [4.69, 9.17) is 10.5 Å². The van der Waals surface area contributed by atoms with Gasteiger partial charge in [0.25, 0.3) is 0 Å². The fourth-order valence-electron chi connectivity index (χ4n) is 1.19. The lowest BCUT2D eigenvalue weighted by molar-refractivity contribution is 0.134. The number of nitrogens with two attached hydrogens (primary N) is 1. The first-order chi connectivity index (χ1) is 7.86. The minimum atomic E-state index is -0.925. The summed E-state index contributed by atoms with van der Waals surface area (Å²) in [6, 6.07) is -0.925. The van der Waals surface area contributed by atoms with E-state index in [9.17, 15) is 9.59 Å². The van der Waals surface area contributed by atoms with Gasteiger partial charge in [0.1, 0.15) is 6.61 Å². The van der Waals surface area contributed by atoms with Crippen LogP contribution in [0.5, 0.6) is 0 Å². The van der Waals surface area contributed by atoms with E-state index in [0.717, 1.165) is 12.0 Å². The molecule has 3 N–H and O–H groups in total. The Hall–Kier alpha value is -1.78. The molecule has 0 saturated carbocycles. The molecule has 5 nitrogen and oxygen atoms in total. The highest BCUT2D eigenvalue weighted by molar-refractivity contribution is 5.89. The van der Waals surface area contributed by atoms with E-state index in [1.54, 1.807) is 0 Å². The van der Waals surface area contributed by atoms with E-state index >= 15 is 0 Å². The summed E-state index contributed by atoms with van der Waals surface area (Å²) in [4.78, 5) is 21.5. The molecule has 1 unspecified atom stereocenters. The number of amides is 3. The summed E-state index contributed by atoms with van der Waals surface area (Å²) in [7, 11) is 0. The highest BCUT2D eigenvalue weighted by Gasteiger charge is 2.14.